The van der Waals surface area contributed by atoms with Crippen molar-refractivity contribution in [2.75, 3.05) is 6.61 Å². The van der Waals surface area contributed by atoms with Crippen LogP contribution in [-0.2, 0) is 0 Å². The fraction of sp³-hybridized carbons (Fsp3) is 0.444. The Bertz CT molecular complexity index is 668. The van der Waals surface area contributed by atoms with Crippen LogP contribution in [0, 0.1) is 12.8 Å². The van der Waals surface area contributed by atoms with Crippen molar-refractivity contribution in [1.29, 1.82) is 0 Å². The van der Waals surface area contributed by atoms with Gasteiger partial charge < -0.3 is 10.5 Å². The second kappa shape index (κ2) is 7.28. The Morgan fingerprint density at radius 2 is 2.04 bits per heavy atom. The van der Waals surface area contributed by atoms with Crippen LogP contribution in [0.25, 0.3) is 11.3 Å². The van der Waals surface area contributed by atoms with E-state index in [1.807, 2.05) is 45.0 Å². The number of nitrogens with two attached hydrogens (primary N) is 1. The lowest BCUT2D eigenvalue weighted by atomic mass is 9.93. The number of rotatable bonds is 6. The lowest BCUT2D eigenvalue weighted by Crippen LogP contribution is -2.35. The van der Waals surface area contributed by atoms with Gasteiger partial charge in [-0.1, -0.05) is 18.5 Å². The van der Waals surface area contributed by atoms with Gasteiger partial charge in [-0.3, -0.25) is 0 Å². The van der Waals surface area contributed by atoms with Crippen LogP contribution < -0.4 is 10.5 Å². The van der Waals surface area contributed by atoms with E-state index in [9.17, 15) is 0 Å². The van der Waals surface area contributed by atoms with Crippen LogP contribution >= 0.6 is 11.6 Å². The van der Waals surface area contributed by atoms with Crippen LogP contribution in [0.2, 0.25) is 5.02 Å². The van der Waals surface area contributed by atoms with Gasteiger partial charge in [0.05, 0.1) is 17.3 Å². The third-order valence-electron chi connectivity index (χ3n) is 3.40. The number of aryl methyl sites for hydroxylation is 1. The highest BCUT2D eigenvalue weighted by Gasteiger charge is 2.16. The van der Waals surface area contributed by atoms with Gasteiger partial charge in [-0.25, -0.2) is 9.97 Å². The molecule has 0 aliphatic rings. The van der Waals surface area contributed by atoms with E-state index in [-0.39, 0.29) is 5.54 Å². The molecule has 0 aliphatic heterocycles. The summed E-state index contributed by atoms with van der Waals surface area (Å²) >= 11 is 6.34. The van der Waals surface area contributed by atoms with E-state index in [1.54, 1.807) is 6.20 Å². The molecule has 0 bridgehead atoms. The van der Waals surface area contributed by atoms with Gasteiger partial charge in [0.25, 0.3) is 0 Å². The van der Waals surface area contributed by atoms with Gasteiger partial charge >= 0.3 is 0 Å². The van der Waals surface area contributed by atoms with Crippen LogP contribution in [0.5, 0.6) is 5.75 Å². The highest BCUT2D eigenvalue weighted by atomic mass is 35.5. The molecule has 0 saturated carbocycles. The molecule has 0 aliphatic carbocycles. The van der Waals surface area contributed by atoms with E-state index >= 15 is 0 Å². The van der Waals surface area contributed by atoms with E-state index in [0.717, 1.165) is 23.5 Å². The SMILES string of the molecule is Cc1nccc(-c2ccc(OC[C@@H](C)CC(C)(C)N)c(Cl)c2)n1. The number of ether oxygens (including phenoxy) is 1. The molecule has 1 aromatic heterocycles. The molecule has 0 radical (unpaired) electrons. The molecule has 23 heavy (non-hydrogen) atoms. The zero-order chi connectivity index (χ0) is 17.0. The summed E-state index contributed by atoms with van der Waals surface area (Å²) in [6, 6.07) is 7.58. The quantitative estimate of drug-likeness (QED) is 0.858. The number of hydrogen-bond acceptors (Lipinski definition) is 4. The van der Waals surface area contributed by atoms with E-state index in [4.69, 9.17) is 22.1 Å². The summed E-state index contributed by atoms with van der Waals surface area (Å²) in [6.07, 6.45) is 2.63. The van der Waals surface area contributed by atoms with Crippen LogP contribution in [0.15, 0.2) is 30.5 Å². The maximum absolute atomic E-state index is 6.34. The highest BCUT2D eigenvalue weighted by molar-refractivity contribution is 6.32. The molecular formula is C18H24ClN3O. The van der Waals surface area contributed by atoms with Crippen molar-refractivity contribution in [3.05, 3.63) is 41.3 Å². The second-order valence-corrected chi connectivity index (χ2v) is 7.15. The molecule has 2 N–H and O–H groups in total. The minimum absolute atomic E-state index is 0.193. The summed E-state index contributed by atoms with van der Waals surface area (Å²) in [6.45, 7) is 8.62. The number of halogens is 1. The van der Waals surface area contributed by atoms with Gasteiger partial charge in [0.15, 0.2) is 0 Å². The normalized spacial score (nSPS) is 13.0. The molecule has 1 heterocycles. The minimum Gasteiger partial charge on any atom is -0.492 e. The van der Waals surface area contributed by atoms with Crippen molar-refractivity contribution in [1.82, 2.24) is 9.97 Å². The van der Waals surface area contributed by atoms with Gasteiger partial charge in [-0.2, -0.15) is 0 Å². The molecule has 1 aromatic carbocycles. The molecule has 0 amide bonds. The average molecular weight is 334 g/mol. The van der Waals surface area contributed by atoms with Crippen LogP contribution in [0.4, 0.5) is 0 Å². The Labute approximate surface area is 143 Å². The van der Waals surface area contributed by atoms with Crippen molar-refractivity contribution in [2.45, 2.75) is 39.7 Å². The smallest absolute Gasteiger partial charge is 0.137 e. The third-order valence-corrected chi connectivity index (χ3v) is 3.70. The molecule has 2 aromatic rings. The first kappa shape index (κ1) is 17.7. The molecule has 5 heteroatoms. The molecule has 0 spiro atoms. The van der Waals surface area contributed by atoms with Crippen LogP contribution in [-0.4, -0.2) is 22.1 Å². The molecule has 1 atom stereocenters. The van der Waals surface area contributed by atoms with Gasteiger partial charge in [-0.05, 0) is 57.4 Å². The van der Waals surface area contributed by atoms with Crippen molar-refractivity contribution in [3.8, 4) is 17.0 Å². The van der Waals surface area contributed by atoms with E-state index in [0.29, 0.717) is 23.3 Å². The Kier molecular flexibility index (Phi) is 5.60. The van der Waals surface area contributed by atoms with E-state index in [2.05, 4.69) is 16.9 Å². The van der Waals surface area contributed by atoms with E-state index < -0.39 is 0 Å². The van der Waals surface area contributed by atoms with Gasteiger partial charge in [0, 0.05) is 17.3 Å². The van der Waals surface area contributed by atoms with Crippen molar-refractivity contribution in [3.63, 3.8) is 0 Å². The van der Waals surface area contributed by atoms with Crippen LogP contribution in [0.3, 0.4) is 0 Å². The van der Waals surface area contributed by atoms with Gasteiger partial charge in [0.1, 0.15) is 11.6 Å². The summed E-state index contributed by atoms with van der Waals surface area (Å²) in [7, 11) is 0. The molecule has 124 valence electrons. The molecule has 0 saturated heterocycles. The van der Waals surface area contributed by atoms with Gasteiger partial charge in [-0.15, -0.1) is 0 Å². The maximum atomic E-state index is 6.34. The first-order chi connectivity index (χ1) is 10.7. The van der Waals surface area contributed by atoms with Gasteiger partial charge in [0.2, 0.25) is 0 Å². The number of aromatic nitrogens is 2. The Hall–Kier alpha value is -1.65. The summed E-state index contributed by atoms with van der Waals surface area (Å²) in [4.78, 5) is 8.51. The van der Waals surface area contributed by atoms with Crippen molar-refractivity contribution in [2.24, 2.45) is 11.7 Å². The fourth-order valence-electron chi connectivity index (χ4n) is 2.58. The fourth-order valence-corrected chi connectivity index (χ4v) is 2.82. The standard InChI is InChI=1S/C18H24ClN3O/c1-12(10-18(3,4)20)11-23-17-6-5-14(9-15(17)19)16-7-8-21-13(2)22-16/h5-9,12H,10-11,20H2,1-4H3/t12-/m0/s1. The summed E-state index contributed by atoms with van der Waals surface area (Å²) < 4.78 is 5.84. The van der Waals surface area contributed by atoms with Crippen LogP contribution in [0.1, 0.15) is 33.0 Å². The minimum atomic E-state index is -0.193. The zero-order valence-corrected chi connectivity index (χ0v) is 14.9. The Morgan fingerprint density at radius 3 is 2.65 bits per heavy atom. The first-order valence-electron chi connectivity index (χ1n) is 7.76. The predicted molar refractivity (Wildman–Crippen MR) is 94.8 cm³/mol. The Balaban J connectivity index is 2.05. The molecule has 4 nitrogen and oxygen atoms in total. The second-order valence-electron chi connectivity index (χ2n) is 6.74. The number of nitrogens with zero attached hydrogens (tertiary/aromatic N) is 2. The lowest BCUT2D eigenvalue weighted by molar-refractivity contribution is 0.229. The largest absolute Gasteiger partial charge is 0.492 e. The zero-order valence-electron chi connectivity index (χ0n) is 14.1. The maximum Gasteiger partial charge on any atom is 0.137 e. The predicted octanol–water partition coefficient (Wildman–Crippen LogP) is 4.25. The third kappa shape index (κ3) is 5.48. The highest BCUT2D eigenvalue weighted by Crippen LogP contribution is 2.30. The number of benzene rings is 1. The topological polar surface area (TPSA) is 61.0 Å². The first-order valence-corrected chi connectivity index (χ1v) is 8.13. The molecule has 2 rings (SSSR count). The summed E-state index contributed by atoms with van der Waals surface area (Å²) in [5, 5.41) is 0.581. The molecule has 0 fully saturated rings. The van der Waals surface area contributed by atoms with Crippen molar-refractivity contribution < 1.29 is 4.74 Å². The monoisotopic (exact) mass is 333 g/mol. The average Bonchev–Trinajstić information content (AvgIpc) is 2.44. The summed E-state index contributed by atoms with van der Waals surface area (Å²) in [5.41, 5.74) is 7.64. The molecular weight excluding hydrogens is 310 g/mol. The van der Waals surface area contributed by atoms with Crippen molar-refractivity contribution >= 4 is 11.6 Å². The van der Waals surface area contributed by atoms with E-state index in [1.165, 1.54) is 0 Å². The Morgan fingerprint density at radius 1 is 1.30 bits per heavy atom. The number of hydrogen-bond donors (Lipinski definition) is 1. The lowest BCUT2D eigenvalue weighted by Gasteiger charge is -2.23. The summed E-state index contributed by atoms with van der Waals surface area (Å²) in [5.74, 6) is 1.77. The molecule has 0 unspecified atom stereocenters.